The van der Waals surface area contributed by atoms with Gasteiger partial charge in [0.2, 0.25) is 5.91 Å². The molecule has 2 aromatic carbocycles. The van der Waals surface area contributed by atoms with Gasteiger partial charge in [0.15, 0.2) is 5.52 Å². The molecule has 0 aliphatic carbocycles. The van der Waals surface area contributed by atoms with Gasteiger partial charge in [-0.15, -0.1) is 0 Å². The number of fused-ring (bicyclic) bond motifs is 1. The highest BCUT2D eigenvalue weighted by molar-refractivity contribution is 5.83. The maximum Gasteiger partial charge on any atom is 0.295 e. The fourth-order valence-electron chi connectivity index (χ4n) is 4.72. The van der Waals surface area contributed by atoms with Crippen LogP contribution in [0.5, 0.6) is 0 Å². The Balaban J connectivity index is 1.29. The van der Waals surface area contributed by atoms with E-state index in [-0.39, 0.29) is 30.2 Å². The van der Waals surface area contributed by atoms with E-state index >= 15 is 0 Å². The highest BCUT2D eigenvalue weighted by atomic mass is 19.1. The SMILES string of the molecule is Cc1nn(CCC(=O)N2CCN(c3ccccc3F)CC2)c(=O)c2nn(-c3ccccc3)c(C)c12. The van der Waals surface area contributed by atoms with Gasteiger partial charge < -0.3 is 9.80 Å². The predicted molar refractivity (Wildman–Crippen MR) is 132 cm³/mol. The lowest BCUT2D eigenvalue weighted by Crippen LogP contribution is -2.49. The Morgan fingerprint density at radius 1 is 0.943 bits per heavy atom. The van der Waals surface area contributed by atoms with Gasteiger partial charge in [0.05, 0.1) is 34.7 Å². The van der Waals surface area contributed by atoms with Gasteiger partial charge in [0.25, 0.3) is 5.56 Å². The zero-order chi connectivity index (χ0) is 24.5. The summed E-state index contributed by atoms with van der Waals surface area (Å²) in [5.74, 6) is -0.302. The van der Waals surface area contributed by atoms with Gasteiger partial charge in [-0.2, -0.15) is 10.2 Å². The van der Waals surface area contributed by atoms with Crippen molar-refractivity contribution in [1.82, 2.24) is 24.5 Å². The summed E-state index contributed by atoms with van der Waals surface area (Å²) >= 11 is 0. The summed E-state index contributed by atoms with van der Waals surface area (Å²) in [7, 11) is 0. The first-order valence-electron chi connectivity index (χ1n) is 11.7. The Kier molecular flexibility index (Phi) is 6.07. The topological polar surface area (TPSA) is 76.3 Å². The van der Waals surface area contributed by atoms with Crippen LogP contribution in [0.25, 0.3) is 16.6 Å². The van der Waals surface area contributed by atoms with Crippen molar-refractivity contribution in [3.63, 3.8) is 0 Å². The molecule has 1 aliphatic rings. The van der Waals surface area contributed by atoms with Crippen molar-refractivity contribution in [2.45, 2.75) is 26.8 Å². The molecule has 9 heteroatoms. The van der Waals surface area contributed by atoms with E-state index in [2.05, 4.69) is 10.2 Å². The van der Waals surface area contributed by atoms with E-state index in [0.717, 1.165) is 16.8 Å². The maximum atomic E-state index is 14.1. The van der Waals surface area contributed by atoms with Gasteiger partial charge in [-0.1, -0.05) is 30.3 Å². The monoisotopic (exact) mass is 474 g/mol. The fraction of sp³-hybridized carbons (Fsp3) is 0.308. The van der Waals surface area contributed by atoms with Crippen molar-refractivity contribution >= 4 is 22.5 Å². The molecule has 0 radical (unpaired) electrons. The highest BCUT2D eigenvalue weighted by Gasteiger charge is 2.23. The second-order valence-electron chi connectivity index (χ2n) is 8.74. The van der Waals surface area contributed by atoms with Crippen molar-refractivity contribution in [1.29, 1.82) is 0 Å². The Morgan fingerprint density at radius 3 is 2.34 bits per heavy atom. The molecule has 3 heterocycles. The van der Waals surface area contributed by atoms with E-state index in [9.17, 15) is 14.0 Å². The van der Waals surface area contributed by atoms with Crippen LogP contribution in [0.15, 0.2) is 59.4 Å². The van der Waals surface area contributed by atoms with Gasteiger partial charge in [0.1, 0.15) is 5.82 Å². The molecule has 0 bridgehead atoms. The van der Waals surface area contributed by atoms with E-state index in [1.54, 1.807) is 21.7 Å². The molecule has 1 amide bonds. The van der Waals surface area contributed by atoms with Crippen LogP contribution in [0.2, 0.25) is 0 Å². The van der Waals surface area contributed by atoms with Gasteiger partial charge in [-0.25, -0.2) is 13.8 Å². The number of piperazine rings is 1. The van der Waals surface area contributed by atoms with E-state index < -0.39 is 0 Å². The Hall–Kier alpha value is -4.01. The summed E-state index contributed by atoms with van der Waals surface area (Å²) in [4.78, 5) is 29.7. The molecule has 0 atom stereocenters. The first kappa shape index (κ1) is 22.8. The van der Waals surface area contributed by atoms with Crippen LogP contribution in [0.4, 0.5) is 10.1 Å². The van der Waals surface area contributed by atoms with Crippen molar-refractivity contribution in [2.75, 3.05) is 31.1 Å². The Bertz CT molecular complexity index is 1440. The van der Waals surface area contributed by atoms with Gasteiger partial charge >= 0.3 is 0 Å². The van der Waals surface area contributed by atoms with Gasteiger partial charge in [0, 0.05) is 32.6 Å². The molecule has 0 spiro atoms. The minimum Gasteiger partial charge on any atom is -0.366 e. The molecule has 8 nitrogen and oxygen atoms in total. The second kappa shape index (κ2) is 9.32. The average molecular weight is 475 g/mol. The number of carbonyl (C=O) groups excluding carboxylic acids is 1. The molecular weight excluding hydrogens is 447 g/mol. The van der Waals surface area contributed by atoms with Crippen LogP contribution in [0.1, 0.15) is 17.8 Å². The summed E-state index contributed by atoms with van der Waals surface area (Å²) in [5.41, 5.74) is 3.03. The van der Waals surface area contributed by atoms with Crippen molar-refractivity contribution in [2.24, 2.45) is 0 Å². The molecule has 5 rings (SSSR count). The molecular formula is C26H27FN6O2. The minimum absolute atomic E-state index is 0.0457. The van der Waals surface area contributed by atoms with Crippen LogP contribution in [0, 0.1) is 19.7 Å². The van der Waals surface area contributed by atoms with Crippen molar-refractivity contribution in [3.05, 3.63) is 82.2 Å². The second-order valence-corrected chi connectivity index (χ2v) is 8.74. The Labute approximate surface area is 202 Å². The van der Waals surface area contributed by atoms with Crippen LogP contribution in [-0.4, -0.2) is 56.5 Å². The number of hydrogen-bond donors (Lipinski definition) is 0. The van der Waals surface area contributed by atoms with Crippen molar-refractivity contribution < 1.29 is 9.18 Å². The average Bonchev–Trinajstić information content (AvgIpc) is 3.24. The number of para-hydroxylation sites is 2. The van der Waals surface area contributed by atoms with Gasteiger partial charge in [-0.05, 0) is 38.1 Å². The summed E-state index contributed by atoms with van der Waals surface area (Å²) < 4.78 is 17.2. The van der Waals surface area contributed by atoms with E-state index in [1.807, 2.05) is 55.1 Å². The van der Waals surface area contributed by atoms with Crippen LogP contribution >= 0.6 is 0 Å². The first-order valence-corrected chi connectivity index (χ1v) is 11.7. The fourth-order valence-corrected chi connectivity index (χ4v) is 4.72. The summed E-state index contributed by atoms with van der Waals surface area (Å²) in [6.45, 7) is 6.09. The molecule has 1 fully saturated rings. The standard InChI is InChI=1S/C26H27FN6O2/c1-18-24-19(2)33(20-8-4-3-5-9-20)29-25(24)26(35)32(28-18)13-12-23(34)31-16-14-30(15-17-31)22-11-7-6-10-21(22)27/h3-11H,12-17H2,1-2H3. The highest BCUT2D eigenvalue weighted by Crippen LogP contribution is 2.22. The van der Waals surface area contributed by atoms with Gasteiger partial charge in [-0.3, -0.25) is 9.59 Å². The lowest BCUT2D eigenvalue weighted by Gasteiger charge is -2.36. The molecule has 180 valence electrons. The summed E-state index contributed by atoms with van der Waals surface area (Å²) in [6, 6.07) is 16.3. The largest absolute Gasteiger partial charge is 0.366 e. The van der Waals surface area contributed by atoms with E-state index in [1.165, 1.54) is 10.7 Å². The number of anilines is 1. The normalized spacial score (nSPS) is 14.0. The summed E-state index contributed by atoms with van der Waals surface area (Å²) in [5, 5.41) is 9.80. The maximum absolute atomic E-state index is 14.1. The number of hydrogen-bond acceptors (Lipinski definition) is 5. The number of benzene rings is 2. The molecule has 1 saturated heterocycles. The number of aryl methyl sites for hydroxylation is 3. The molecule has 35 heavy (non-hydrogen) atoms. The molecule has 1 aliphatic heterocycles. The lowest BCUT2D eigenvalue weighted by atomic mass is 10.2. The zero-order valence-corrected chi connectivity index (χ0v) is 19.8. The van der Waals surface area contributed by atoms with E-state index in [4.69, 9.17) is 0 Å². The number of rotatable bonds is 5. The zero-order valence-electron chi connectivity index (χ0n) is 19.8. The van der Waals surface area contributed by atoms with E-state index in [0.29, 0.717) is 43.1 Å². The van der Waals surface area contributed by atoms with Crippen LogP contribution in [0.3, 0.4) is 0 Å². The molecule has 0 unspecified atom stereocenters. The van der Waals surface area contributed by atoms with Crippen molar-refractivity contribution in [3.8, 4) is 5.69 Å². The molecule has 2 aromatic heterocycles. The van der Waals surface area contributed by atoms with Crippen LogP contribution in [-0.2, 0) is 11.3 Å². The third kappa shape index (κ3) is 4.29. The smallest absolute Gasteiger partial charge is 0.295 e. The van der Waals surface area contributed by atoms with Crippen LogP contribution < -0.4 is 10.5 Å². The third-order valence-electron chi connectivity index (χ3n) is 6.55. The number of aromatic nitrogens is 4. The number of carbonyl (C=O) groups is 1. The number of nitrogens with zero attached hydrogens (tertiary/aromatic N) is 6. The molecule has 0 saturated carbocycles. The minimum atomic E-state index is -0.305. The quantitative estimate of drug-likeness (QED) is 0.444. The number of amides is 1. The third-order valence-corrected chi connectivity index (χ3v) is 6.55. The Morgan fingerprint density at radius 2 is 1.63 bits per heavy atom. The predicted octanol–water partition coefficient (Wildman–Crippen LogP) is 3.08. The first-order chi connectivity index (χ1) is 16.9. The number of halogens is 1. The lowest BCUT2D eigenvalue weighted by molar-refractivity contribution is -0.131. The summed E-state index contributed by atoms with van der Waals surface area (Å²) in [6.07, 6.45) is 0.163. The molecule has 0 N–H and O–H groups in total. The molecule has 4 aromatic rings.